The number of rotatable bonds is 8. The molecule has 10 nitrogen and oxygen atoms in total. The first-order valence-corrected chi connectivity index (χ1v) is 18.5. The number of piperidine rings is 1. The fourth-order valence-electron chi connectivity index (χ4n) is 7.05. The van der Waals surface area contributed by atoms with Crippen LogP contribution in [0.5, 0.6) is 0 Å². The molecule has 0 radical (unpaired) electrons. The second-order valence-electron chi connectivity index (χ2n) is 15.3. The molecule has 3 aliphatic rings. The maximum absolute atomic E-state index is 13.7. The molecule has 0 bridgehead atoms. The van der Waals surface area contributed by atoms with Gasteiger partial charge in [0, 0.05) is 97.0 Å². The first-order chi connectivity index (χ1) is 24.5. The van der Waals surface area contributed by atoms with Gasteiger partial charge in [0.25, 0.3) is 5.91 Å². The molecule has 284 valence electrons. The lowest BCUT2D eigenvalue weighted by Crippen LogP contribution is -2.43. The van der Waals surface area contributed by atoms with Gasteiger partial charge >= 0.3 is 0 Å². The van der Waals surface area contributed by atoms with E-state index in [1.807, 2.05) is 43.0 Å². The monoisotopic (exact) mass is 727 g/mol. The number of nitrogens with two attached hydrogens (primary N) is 3. The van der Waals surface area contributed by atoms with E-state index in [-0.39, 0.29) is 55.0 Å². The molecule has 2 saturated carbocycles. The van der Waals surface area contributed by atoms with Crippen LogP contribution < -0.4 is 27.4 Å². The summed E-state index contributed by atoms with van der Waals surface area (Å²) < 4.78 is 53.7. The number of anilines is 4. The van der Waals surface area contributed by atoms with Crippen LogP contribution >= 0.6 is 0 Å². The number of hydrogen-bond acceptors (Lipinski definition) is 9. The normalized spacial score (nSPS) is 20.8. The molecule has 3 aromatic heterocycles. The molecule has 3 fully saturated rings. The lowest BCUT2D eigenvalue weighted by molar-refractivity contribution is -0.0390. The number of primary amides is 1. The maximum atomic E-state index is 13.7. The zero-order valence-corrected chi connectivity index (χ0v) is 30.6. The number of hydrogen-bond donors (Lipinski definition) is 4. The van der Waals surface area contributed by atoms with Gasteiger partial charge in [-0.2, -0.15) is 4.98 Å². The lowest BCUT2D eigenvalue weighted by atomic mass is 9.84. The van der Waals surface area contributed by atoms with Crippen molar-refractivity contribution in [1.29, 1.82) is 0 Å². The highest BCUT2D eigenvalue weighted by Crippen LogP contribution is 2.42. The van der Waals surface area contributed by atoms with Crippen molar-refractivity contribution < 1.29 is 22.4 Å². The molecule has 4 heterocycles. The highest BCUT2D eigenvalue weighted by atomic mass is 19.3. The third kappa shape index (κ3) is 10.3. The summed E-state index contributed by atoms with van der Waals surface area (Å²) in [6.45, 7) is 9.59. The van der Waals surface area contributed by atoms with E-state index in [4.69, 9.17) is 22.2 Å². The van der Waals surface area contributed by atoms with Crippen molar-refractivity contribution in [1.82, 2.24) is 19.9 Å². The van der Waals surface area contributed by atoms with Gasteiger partial charge < -0.3 is 27.4 Å². The van der Waals surface area contributed by atoms with E-state index in [1.54, 1.807) is 0 Å². The van der Waals surface area contributed by atoms with Crippen LogP contribution in [-0.2, 0) is 0 Å². The van der Waals surface area contributed by atoms with Gasteiger partial charge in [0.1, 0.15) is 11.4 Å². The molecule has 1 amide bonds. The van der Waals surface area contributed by atoms with Crippen molar-refractivity contribution in [2.75, 3.05) is 29.0 Å². The van der Waals surface area contributed by atoms with Gasteiger partial charge in [-0.1, -0.05) is 27.7 Å². The zero-order chi connectivity index (χ0) is 37.8. The Hall–Kier alpha value is -4.07. The van der Waals surface area contributed by atoms with Crippen molar-refractivity contribution >= 4 is 29.0 Å². The zero-order valence-electron chi connectivity index (χ0n) is 30.6. The topological polar surface area (TPSA) is 162 Å². The minimum atomic E-state index is -2.60. The van der Waals surface area contributed by atoms with Crippen LogP contribution in [0, 0.1) is 0 Å². The van der Waals surface area contributed by atoms with E-state index in [0.717, 1.165) is 42.2 Å². The lowest BCUT2D eigenvalue weighted by Gasteiger charge is -2.31. The summed E-state index contributed by atoms with van der Waals surface area (Å²) in [6, 6.07) is 7.51. The Morgan fingerprint density at radius 1 is 0.827 bits per heavy atom. The van der Waals surface area contributed by atoms with Gasteiger partial charge in [0.2, 0.25) is 17.8 Å². The number of alkyl halides is 4. The van der Waals surface area contributed by atoms with Gasteiger partial charge in [0.05, 0.1) is 0 Å². The predicted octanol–water partition coefficient (Wildman–Crippen LogP) is 8.14. The Morgan fingerprint density at radius 2 is 1.37 bits per heavy atom. The van der Waals surface area contributed by atoms with E-state index in [1.165, 1.54) is 6.20 Å². The summed E-state index contributed by atoms with van der Waals surface area (Å²) in [5, 5.41) is 3.24. The molecule has 6 rings (SSSR count). The molecule has 2 aliphatic carbocycles. The molecule has 1 aliphatic heterocycles. The first-order valence-electron chi connectivity index (χ1n) is 18.5. The molecule has 0 aromatic carbocycles. The van der Waals surface area contributed by atoms with Crippen LogP contribution in [0.4, 0.5) is 40.7 Å². The molecule has 52 heavy (non-hydrogen) atoms. The molecule has 7 N–H and O–H groups in total. The van der Waals surface area contributed by atoms with Gasteiger partial charge in [-0.05, 0) is 74.6 Å². The second kappa shape index (κ2) is 16.3. The Morgan fingerprint density at radius 3 is 1.88 bits per heavy atom. The van der Waals surface area contributed by atoms with Gasteiger partial charge in [-0.25, -0.2) is 22.5 Å². The van der Waals surface area contributed by atoms with Gasteiger partial charge in [0.15, 0.2) is 0 Å². The van der Waals surface area contributed by atoms with Crippen molar-refractivity contribution in [3.8, 4) is 0 Å². The molecule has 0 spiro atoms. The van der Waals surface area contributed by atoms with Crippen LogP contribution in [0.1, 0.15) is 149 Å². The number of nitrogens with one attached hydrogen (secondary N) is 1. The maximum Gasteiger partial charge on any atom is 0.254 e. The average molecular weight is 728 g/mol. The number of nitrogen functional groups attached to an aromatic ring is 1. The van der Waals surface area contributed by atoms with E-state index >= 15 is 0 Å². The smallest absolute Gasteiger partial charge is 0.254 e. The average Bonchev–Trinajstić information content (AvgIpc) is 3.08. The highest BCUT2D eigenvalue weighted by Gasteiger charge is 2.37. The molecule has 0 unspecified atom stereocenters. The van der Waals surface area contributed by atoms with E-state index in [9.17, 15) is 22.4 Å². The Bertz CT molecular complexity index is 1680. The standard InChI is InChI=1S/C24H33F2N7O.C14H20F2N2/c1-14(2)19-10-17(11-20(31-19)15-5-7-24(25,26)8-6-15)30-22-18(21(28)34)12-29-23(32-22)33-9-3-4-16(27)13-33;1-9(2)12-7-11(17)8-13(18-12)10-3-5-14(15,16)6-4-10/h10-12,14-16H,3-9,13,27H2,1-2H3,(H2,28,34)(H,29,30,31,32);7-10H,3-6H2,1-2H3,(H2,17,18)/t16-;/m0./s1. The second-order valence-corrected chi connectivity index (χ2v) is 15.3. The minimum absolute atomic E-state index is 0.0365. The van der Waals surface area contributed by atoms with Crippen molar-refractivity contribution in [2.24, 2.45) is 11.5 Å². The number of aromatic nitrogens is 4. The summed E-state index contributed by atoms with van der Waals surface area (Å²) >= 11 is 0. The summed E-state index contributed by atoms with van der Waals surface area (Å²) in [4.78, 5) is 32.4. The quantitative estimate of drug-likeness (QED) is 0.168. The number of nitrogens with zero attached hydrogens (tertiary/aromatic N) is 5. The fraction of sp³-hybridized carbons (Fsp3) is 0.605. The number of carbonyl (C=O) groups is 1. The van der Waals surface area contributed by atoms with E-state index < -0.39 is 17.8 Å². The van der Waals surface area contributed by atoms with Crippen LogP contribution in [0.15, 0.2) is 30.5 Å². The summed E-state index contributed by atoms with van der Waals surface area (Å²) in [5.41, 5.74) is 22.6. The van der Waals surface area contributed by atoms with Crippen LogP contribution in [0.3, 0.4) is 0 Å². The minimum Gasteiger partial charge on any atom is -0.399 e. The molecular weight excluding hydrogens is 674 g/mol. The summed E-state index contributed by atoms with van der Waals surface area (Å²) in [6.07, 6.45) is 4.77. The summed E-state index contributed by atoms with van der Waals surface area (Å²) in [5.74, 6) is -4.41. The SMILES string of the molecule is CC(C)c1cc(N)cc(C2CCC(F)(F)CC2)n1.CC(C)c1cc(Nc2nc(N3CCC[C@H](N)C3)ncc2C(N)=O)cc(C2CCC(F)(F)CC2)n1. The molecule has 1 atom stereocenters. The van der Waals surface area contributed by atoms with Gasteiger partial charge in [-0.15, -0.1) is 0 Å². The number of amides is 1. The molecular formula is C38H53F4N9O. The third-order valence-corrected chi connectivity index (χ3v) is 10.3. The number of pyridine rings is 2. The predicted molar refractivity (Wildman–Crippen MR) is 197 cm³/mol. The Kier molecular flexibility index (Phi) is 12.3. The Labute approximate surface area is 303 Å². The largest absolute Gasteiger partial charge is 0.399 e. The number of carbonyl (C=O) groups excluding carboxylic acids is 1. The van der Waals surface area contributed by atoms with Crippen LogP contribution in [-0.4, -0.2) is 56.8 Å². The molecule has 14 heteroatoms. The fourth-order valence-corrected chi connectivity index (χ4v) is 7.05. The summed E-state index contributed by atoms with van der Waals surface area (Å²) in [7, 11) is 0. The van der Waals surface area contributed by atoms with Crippen LogP contribution in [0.25, 0.3) is 0 Å². The highest BCUT2D eigenvalue weighted by molar-refractivity contribution is 5.98. The van der Waals surface area contributed by atoms with Crippen molar-refractivity contribution in [2.45, 2.75) is 133 Å². The van der Waals surface area contributed by atoms with Gasteiger partial charge in [-0.3, -0.25) is 14.8 Å². The third-order valence-electron chi connectivity index (χ3n) is 10.3. The van der Waals surface area contributed by atoms with E-state index in [2.05, 4.69) is 34.1 Å². The van der Waals surface area contributed by atoms with Crippen molar-refractivity contribution in [3.63, 3.8) is 0 Å². The van der Waals surface area contributed by atoms with E-state index in [0.29, 0.717) is 61.3 Å². The molecule has 3 aromatic rings. The number of halogens is 4. The van der Waals surface area contributed by atoms with Crippen molar-refractivity contribution in [3.05, 3.63) is 58.8 Å². The Balaban J connectivity index is 0.000000244. The molecule has 1 saturated heterocycles. The first kappa shape index (κ1) is 39.1. The van der Waals surface area contributed by atoms with Crippen LogP contribution in [0.2, 0.25) is 0 Å².